The van der Waals surface area contributed by atoms with Gasteiger partial charge in [0.15, 0.2) is 0 Å². The Bertz CT molecular complexity index is 633. The molecule has 1 atom stereocenters. The highest BCUT2D eigenvalue weighted by atomic mass is 16.5. The van der Waals surface area contributed by atoms with Gasteiger partial charge in [0.1, 0.15) is 11.9 Å². The number of hydrogen-bond acceptors (Lipinski definition) is 4. The molecule has 0 saturated heterocycles. The number of rotatable bonds is 3. The normalized spacial score (nSPS) is 12.1. The third-order valence-corrected chi connectivity index (χ3v) is 2.68. The number of nitrogens with one attached hydrogen (secondary N) is 2. The Morgan fingerprint density at radius 2 is 2.11 bits per heavy atom. The average molecular weight is 246 g/mol. The maximum atomic E-state index is 11.8. The molecule has 5 nitrogen and oxygen atoms in total. The largest absolute Gasteiger partial charge is 0.467 e. The van der Waals surface area contributed by atoms with E-state index in [2.05, 4.69) is 15.0 Å². The molecule has 1 heterocycles. The lowest BCUT2D eigenvalue weighted by atomic mass is 10.2. The maximum Gasteiger partial charge on any atom is 0.328 e. The number of esters is 1. The van der Waals surface area contributed by atoms with Crippen LogP contribution in [0.25, 0.3) is 10.8 Å². The zero-order chi connectivity index (χ0) is 13.1. The van der Waals surface area contributed by atoms with Crippen molar-refractivity contribution in [2.75, 3.05) is 12.4 Å². The summed E-state index contributed by atoms with van der Waals surface area (Å²) < 4.78 is 4.61. The van der Waals surface area contributed by atoms with Gasteiger partial charge in [0.25, 0.3) is 5.56 Å². The first-order valence-electron chi connectivity index (χ1n) is 5.58. The first-order valence-corrected chi connectivity index (χ1v) is 5.58. The van der Waals surface area contributed by atoms with Crippen molar-refractivity contribution in [3.05, 3.63) is 40.7 Å². The molecule has 0 aliphatic heterocycles. The summed E-state index contributed by atoms with van der Waals surface area (Å²) in [6.45, 7) is 1.67. The summed E-state index contributed by atoms with van der Waals surface area (Å²) in [4.78, 5) is 25.8. The van der Waals surface area contributed by atoms with Crippen molar-refractivity contribution in [3.8, 4) is 0 Å². The topological polar surface area (TPSA) is 71.2 Å². The van der Waals surface area contributed by atoms with Crippen molar-refractivity contribution in [1.29, 1.82) is 0 Å². The molecular formula is C13H14N2O3. The van der Waals surface area contributed by atoms with E-state index < -0.39 is 6.04 Å². The van der Waals surface area contributed by atoms with Crippen LogP contribution in [0.1, 0.15) is 6.92 Å². The van der Waals surface area contributed by atoms with Gasteiger partial charge in [-0.25, -0.2) is 4.79 Å². The molecule has 94 valence electrons. The van der Waals surface area contributed by atoms with Crippen LogP contribution >= 0.6 is 0 Å². The second-order valence-electron chi connectivity index (χ2n) is 3.99. The molecule has 2 N–H and O–H groups in total. The molecule has 0 aliphatic carbocycles. The van der Waals surface area contributed by atoms with Gasteiger partial charge in [0, 0.05) is 5.39 Å². The molecule has 0 amide bonds. The fourth-order valence-corrected chi connectivity index (χ4v) is 1.76. The Morgan fingerprint density at radius 1 is 1.39 bits per heavy atom. The van der Waals surface area contributed by atoms with Gasteiger partial charge in [-0.1, -0.05) is 18.2 Å². The Balaban J connectivity index is 2.35. The van der Waals surface area contributed by atoms with Gasteiger partial charge >= 0.3 is 5.97 Å². The van der Waals surface area contributed by atoms with Crippen molar-refractivity contribution in [3.63, 3.8) is 0 Å². The lowest BCUT2D eigenvalue weighted by Gasteiger charge is -2.12. The highest BCUT2D eigenvalue weighted by Crippen LogP contribution is 2.13. The highest BCUT2D eigenvalue weighted by molar-refractivity contribution is 5.84. The summed E-state index contributed by atoms with van der Waals surface area (Å²) in [5.74, 6) is 0.112. The standard InChI is InChI=1S/C13H14N2O3/c1-8(13(17)18-2)14-11-7-9-5-3-4-6-10(9)12(16)15-11/h3-8H,1-2H3,(H2,14,15,16). The minimum atomic E-state index is -0.521. The van der Waals surface area contributed by atoms with E-state index in [4.69, 9.17) is 0 Å². The van der Waals surface area contributed by atoms with Crippen molar-refractivity contribution >= 4 is 22.6 Å². The summed E-state index contributed by atoms with van der Waals surface area (Å²) >= 11 is 0. The minimum absolute atomic E-state index is 0.187. The molecule has 0 bridgehead atoms. The van der Waals surface area contributed by atoms with Crippen molar-refractivity contribution in [2.45, 2.75) is 13.0 Å². The number of benzene rings is 1. The van der Waals surface area contributed by atoms with Crippen LogP contribution < -0.4 is 10.9 Å². The van der Waals surface area contributed by atoms with Crippen molar-refractivity contribution in [1.82, 2.24) is 4.98 Å². The quantitative estimate of drug-likeness (QED) is 0.805. The molecular weight excluding hydrogens is 232 g/mol. The third-order valence-electron chi connectivity index (χ3n) is 2.68. The van der Waals surface area contributed by atoms with Crippen LogP contribution in [0.15, 0.2) is 35.1 Å². The molecule has 0 saturated carbocycles. The van der Waals surface area contributed by atoms with Crippen LogP contribution in [0.4, 0.5) is 5.82 Å². The zero-order valence-electron chi connectivity index (χ0n) is 10.2. The number of fused-ring (bicyclic) bond motifs is 1. The number of methoxy groups -OCH3 is 1. The van der Waals surface area contributed by atoms with Gasteiger partial charge < -0.3 is 15.0 Å². The molecule has 1 aromatic heterocycles. The van der Waals surface area contributed by atoms with Gasteiger partial charge in [-0.15, -0.1) is 0 Å². The monoisotopic (exact) mass is 246 g/mol. The van der Waals surface area contributed by atoms with E-state index >= 15 is 0 Å². The molecule has 0 spiro atoms. The molecule has 0 fully saturated rings. The number of hydrogen-bond donors (Lipinski definition) is 2. The second-order valence-corrected chi connectivity index (χ2v) is 3.99. The van der Waals surface area contributed by atoms with Crippen LogP contribution in [0, 0.1) is 0 Å². The molecule has 2 rings (SSSR count). The van der Waals surface area contributed by atoms with Crippen LogP contribution in [0.5, 0.6) is 0 Å². The predicted octanol–water partition coefficient (Wildman–Crippen LogP) is 1.50. The summed E-state index contributed by atoms with van der Waals surface area (Å²) in [6, 6.07) is 8.53. The van der Waals surface area contributed by atoms with Crippen molar-refractivity contribution < 1.29 is 9.53 Å². The van der Waals surface area contributed by atoms with E-state index in [0.29, 0.717) is 11.2 Å². The summed E-state index contributed by atoms with van der Waals surface area (Å²) in [6.07, 6.45) is 0. The molecule has 2 aromatic rings. The first kappa shape index (κ1) is 12.2. The summed E-state index contributed by atoms with van der Waals surface area (Å²) in [5.41, 5.74) is -0.187. The maximum absolute atomic E-state index is 11.8. The molecule has 5 heteroatoms. The van der Waals surface area contributed by atoms with Gasteiger partial charge in [0.2, 0.25) is 0 Å². The van der Waals surface area contributed by atoms with E-state index in [1.807, 2.05) is 18.2 Å². The van der Waals surface area contributed by atoms with Gasteiger partial charge in [-0.3, -0.25) is 4.79 Å². The Kier molecular flexibility index (Phi) is 3.32. The molecule has 0 aliphatic rings. The Hall–Kier alpha value is -2.30. The predicted molar refractivity (Wildman–Crippen MR) is 69.7 cm³/mol. The number of pyridine rings is 1. The highest BCUT2D eigenvalue weighted by Gasteiger charge is 2.13. The number of H-pyrrole nitrogens is 1. The SMILES string of the molecule is COC(=O)C(C)Nc1cc2ccccc2c(=O)[nH]1. The van der Waals surface area contributed by atoms with Gasteiger partial charge in [0.05, 0.1) is 7.11 Å². The zero-order valence-corrected chi connectivity index (χ0v) is 10.2. The Labute approximate surface area is 104 Å². The number of ether oxygens (including phenoxy) is 1. The van der Waals surface area contributed by atoms with Crippen molar-refractivity contribution in [2.24, 2.45) is 0 Å². The minimum Gasteiger partial charge on any atom is -0.467 e. The Morgan fingerprint density at radius 3 is 2.83 bits per heavy atom. The smallest absolute Gasteiger partial charge is 0.328 e. The molecule has 0 radical (unpaired) electrons. The fraction of sp³-hybridized carbons (Fsp3) is 0.231. The van der Waals surface area contributed by atoms with Gasteiger partial charge in [-0.05, 0) is 24.4 Å². The number of carbonyl (C=O) groups is 1. The van der Waals surface area contributed by atoms with E-state index in [9.17, 15) is 9.59 Å². The number of aromatic nitrogens is 1. The fourth-order valence-electron chi connectivity index (χ4n) is 1.76. The number of aromatic amines is 1. The molecule has 1 aromatic carbocycles. The van der Waals surface area contributed by atoms with Crippen LogP contribution in [-0.4, -0.2) is 24.1 Å². The average Bonchev–Trinajstić information content (AvgIpc) is 2.37. The van der Waals surface area contributed by atoms with Crippen LogP contribution in [0.2, 0.25) is 0 Å². The van der Waals surface area contributed by atoms with E-state index in [1.165, 1.54) is 7.11 Å². The number of carbonyl (C=O) groups excluding carboxylic acids is 1. The van der Waals surface area contributed by atoms with Crippen LogP contribution in [0.3, 0.4) is 0 Å². The summed E-state index contributed by atoms with van der Waals surface area (Å²) in [5, 5.41) is 4.33. The third kappa shape index (κ3) is 2.34. The van der Waals surface area contributed by atoms with Crippen LogP contribution in [-0.2, 0) is 9.53 Å². The summed E-state index contributed by atoms with van der Waals surface area (Å²) in [7, 11) is 1.32. The first-order chi connectivity index (χ1) is 8.61. The van der Waals surface area contributed by atoms with E-state index in [-0.39, 0.29) is 11.5 Å². The number of anilines is 1. The van der Waals surface area contributed by atoms with Gasteiger partial charge in [-0.2, -0.15) is 0 Å². The second kappa shape index (κ2) is 4.91. The lowest BCUT2D eigenvalue weighted by molar-refractivity contribution is -0.141. The molecule has 18 heavy (non-hydrogen) atoms. The molecule has 1 unspecified atom stereocenters. The van der Waals surface area contributed by atoms with E-state index in [0.717, 1.165) is 5.39 Å². The van der Waals surface area contributed by atoms with E-state index in [1.54, 1.807) is 19.1 Å². The lowest BCUT2D eigenvalue weighted by Crippen LogP contribution is -2.28.